The van der Waals surface area contributed by atoms with Gasteiger partial charge < -0.3 is 19.4 Å². The minimum Gasteiger partial charge on any atom is -0.569 e. The molecule has 1 atom stereocenters. The molecule has 46 heavy (non-hydrogen) atoms. The summed E-state index contributed by atoms with van der Waals surface area (Å²) in [5.41, 5.74) is 0.489. The number of amides is 1. The van der Waals surface area contributed by atoms with E-state index < -0.39 is 52.6 Å². The smallest absolute Gasteiger partial charge is 0.511 e. The van der Waals surface area contributed by atoms with Gasteiger partial charge >= 0.3 is 18.4 Å². The number of nitrogens with zero attached hydrogens (tertiary/aromatic N) is 5. The molecule has 2 aromatic carbocycles. The van der Waals surface area contributed by atoms with E-state index in [0.717, 1.165) is 33.5 Å². The summed E-state index contributed by atoms with van der Waals surface area (Å²) in [7, 11) is -4.45. The molecule has 1 amide bonds. The Kier molecular flexibility index (Phi) is 9.93. The molecule has 0 radical (unpaired) electrons. The molecule has 4 rings (SSSR count). The molecule has 3 aromatic rings. The van der Waals surface area contributed by atoms with Crippen LogP contribution in [0, 0.1) is 12.1 Å². The zero-order chi connectivity index (χ0) is 33.8. The third kappa shape index (κ3) is 8.55. The molecule has 1 fully saturated rings. The lowest BCUT2D eigenvalue weighted by Crippen LogP contribution is -2.56. The van der Waals surface area contributed by atoms with Crippen LogP contribution in [0.2, 0.25) is 0 Å². The van der Waals surface area contributed by atoms with Gasteiger partial charge in [0.25, 0.3) is 16.3 Å². The van der Waals surface area contributed by atoms with E-state index in [0.29, 0.717) is 5.56 Å². The molecule has 0 saturated carbocycles. The number of ether oxygens (including phenoxy) is 3. The second kappa shape index (κ2) is 13.5. The highest BCUT2D eigenvalue weighted by atomic mass is 32.2. The third-order valence-corrected chi connectivity index (χ3v) is 7.49. The Hall–Kier alpha value is -5.07. The van der Waals surface area contributed by atoms with Crippen molar-refractivity contribution in [2.45, 2.75) is 57.3 Å². The Morgan fingerprint density at radius 2 is 1.70 bits per heavy atom. The molecule has 1 saturated heterocycles. The zero-order valence-corrected chi connectivity index (χ0v) is 25.6. The number of aromatic nitrogens is 2. The summed E-state index contributed by atoms with van der Waals surface area (Å²) in [6.45, 7) is 6.03. The van der Waals surface area contributed by atoms with Gasteiger partial charge in [-0.1, -0.05) is 29.8 Å². The summed E-state index contributed by atoms with van der Waals surface area (Å²) in [4.78, 5) is 28.1. The first kappa shape index (κ1) is 33.8. The predicted octanol–water partition coefficient (Wildman–Crippen LogP) is 4.68. The Balaban J connectivity index is 1.34. The van der Waals surface area contributed by atoms with Crippen molar-refractivity contribution in [3.8, 4) is 16.9 Å². The second-order valence-electron chi connectivity index (χ2n) is 10.2. The molecule has 2 heterocycles. The number of nitrogens with one attached hydrogen (secondary N) is 1. The van der Waals surface area contributed by atoms with Gasteiger partial charge in [0.1, 0.15) is 19.2 Å². The number of carbonyl (C=O) groups excluding carboxylic acids is 2. The first-order chi connectivity index (χ1) is 21.5. The topological polar surface area (TPSA) is 177 Å². The number of aryl methyl sites for hydroxylation is 1. The molecule has 1 aromatic heterocycles. The summed E-state index contributed by atoms with van der Waals surface area (Å²) in [6.07, 6.45) is -9.61. The molecular weight excluding hydrogens is 641 g/mol. The standard InChI is InChI=1S/C27H29F3N6O9S/c1-16(2)42-26(38)43-18(4)45-33-36(39)34-14-21(15-34)44-25(37)32-46(40,41)22-11-9-20(10-12-22)35-23(13-24(31-35)27(28,29)30)19-7-5-17(3)6-8-19/h5-13,16,18,21H,14-15H2,1-4H3,(H,32,37). The SMILES string of the molecule is Cc1ccc(-c2cc(C(F)(F)F)nn2-c2ccc(S(=O)(=O)NC(=O)OC3CN([N+]([O-])=NOC(C)OC(=O)OC(C)C)C3)cc2)cc1. The van der Waals surface area contributed by atoms with Crippen molar-refractivity contribution in [1.82, 2.24) is 19.5 Å². The average Bonchev–Trinajstić information content (AvgIpc) is 3.39. The minimum atomic E-state index is -4.72. The molecule has 248 valence electrons. The van der Waals surface area contributed by atoms with Crippen LogP contribution in [0.25, 0.3) is 16.9 Å². The maximum atomic E-state index is 13.5. The number of alkyl halides is 3. The molecule has 0 spiro atoms. The van der Waals surface area contributed by atoms with Crippen LogP contribution in [0.3, 0.4) is 0 Å². The number of hydrogen-bond acceptors (Lipinski definition) is 11. The van der Waals surface area contributed by atoms with Crippen LogP contribution in [-0.2, 0) is 35.2 Å². The fraction of sp³-hybridized carbons (Fsp3) is 0.370. The van der Waals surface area contributed by atoms with Gasteiger partial charge in [0.15, 0.2) is 5.69 Å². The average molecular weight is 671 g/mol. The Morgan fingerprint density at radius 3 is 2.28 bits per heavy atom. The quantitative estimate of drug-likeness (QED) is 0.104. The zero-order valence-electron chi connectivity index (χ0n) is 24.8. The highest BCUT2D eigenvalue weighted by Crippen LogP contribution is 2.33. The molecule has 1 unspecified atom stereocenters. The Bertz CT molecular complexity index is 1690. The van der Waals surface area contributed by atoms with E-state index in [1.807, 2.05) is 6.92 Å². The Labute approximate surface area is 260 Å². The third-order valence-electron chi connectivity index (χ3n) is 6.16. The van der Waals surface area contributed by atoms with E-state index in [4.69, 9.17) is 19.0 Å². The number of rotatable bonds is 10. The van der Waals surface area contributed by atoms with Crippen molar-refractivity contribution < 1.29 is 55.2 Å². The summed E-state index contributed by atoms with van der Waals surface area (Å²) >= 11 is 0. The number of benzene rings is 2. The summed E-state index contributed by atoms with van der Waals surface area (Å²) in [6, 6.07) is 12.3. The lowest BCUT2D eigenvalue weighted by molar-refractivity contribution is -0.728. The molecule has 0 aliphatic carbocycles. The van der Waals surface area contributed by atoms with Crippen molar-refractivity contribution in [1.29, 1.82) is 0 Å². The lowest BCUT2D eigenvalue weighted by atomic mass is 10.1. The highest BCUT2D eigenvalue weighted by Gasteiger charge is 2.38. The van der Waals surface area contributed by atoms with Gasteiger partial charge in [0, 0.05) is 12.5 Å². The first-order valence-electron chi connectivity index (χ1n) is 13.6. The van der Waals surface area contributed by atoms with Crippen LogP contribution in [0.1, 0.15) is 32.0 Å². The number of halogens is 3. The van der Waals surface area contributed by atoms with Gasteiger partial charge in [0.2, 0.25) is 5.28 Å². The van der Waals surface area contributed by atoms with Crippen molar-refractivity contribution in [2.75, 3.05) is 13.1 Å². The number of sulfonamides is 1. The molecule has 19 heteroatoms. The van der Waals surface area contributed by atoms with Gasteiger partial charge in [0.05, 0.1) is 27.4 Å². The van der Waals surface area contributed by atoms with Crippen LogP contribution < -0.4 is 4.72 Å². The van der Waals surface area contributed by atoms with Crippen molar-refractivity contribution >= 4 is 22.3 Å². The normalized spacial score (nSPS) is 14.8. The van der Waals surface area contributed by atoms with Crippen LogP contribution in [0.4, 0.5) is 22.8 Å². The maximum absolute atomic E-state index is 13.5. The van der Waals surface area contributed by atoms with Crippen molar-refractivity contribution in [3.63, 3.8) is 0 Å². The molecular formula is C27H29F3N6O9S. The predicted molar refractivity (Wildman–Crippen MR) is 150 cm³/mol. The summed E-state index contributed by atoms with van der Waals surface area (Å²) in [5.74, 6) is 0. The van der Waals surface area contributed by atoms with Crippen molar-refractivity contribution in [3.05, 3.63) is 71.1 Å². The van der Waals surface area contributed by atoms with Crippen LogP contribution in [-0.4, -0.2) is 72.0 Å². The van der Waals surface area contributed by atoms with Gasteiger partial charge in [-0.2, -0.15) is 18.3 Å². The van der Waals surface area contributed by atoms with E-state index >= 15 is 0 Å². The number of hydrogen-bond donors (Lipinski definition) is 1. The highest BCUT2D eigenvalue weighted by molar-refractivity contribution is 7.90. The monoisotopic (exact) mass is 670 g/mol. The second-order valence-corrected chi connectivity index (χ2v) is 11.9. The van der Waals surface area contributed by atoms with Crippen LogP contribution >= 0.6 is 0 Å². The van der Waals surface area contributed by atoms with Crippen LogP contribution in [0.5, 0.6) is 0 Å². The summed E-state index contributed by atoms with van der Waals surface area (Å²) in [5, 5.41) is 19.9. The van der Waals surface area contributed by atoms with Crippen LogP contribution in [0.15, 0.2) is 64.8 Å². The first-order valence-corrected chi connectivity index (χ1v) is 15.0. The van der Waals surface area contributed by atoms with E-state index in [1.165, 1.54) is 19.1 Å². The molecule has 15 nitrogen and oxygen atoms in total. The molecule has 0 bridgehead atoms. The summed E-state index contributed by atoms with van der Waals surface area (Å²) < 4.78 is 83.2. The van der Waals surface area contributed by atoms with Gasteiger partial charge in [-0.05, 0) is 51.1 Å². The number of hydrazine groups is 1. The van der Waals surface area contributed by atoms with E-state index in [1.54, 1.807) is 42.8 Å². The van der Waals surface area contributed by atoms with Crippen molar-refractivity contribution in [2.24, 2.45) is 5.28 Å². The van der Waals surface area contributed by atoms with Gasteiger partial charge in [-0.15, -0.1) is 5.01 Å². The number of carbonyl (C=O) groups is 2. The fourth-order valence-electron chi connectivity index (χ4n) is 3.92. The minimum absolute atomic E-state index is 0.0330. The lowest BCUT2D eigenvalue weighted by Gasteiger charge is -2.33. The molecule has 1 aliphatic heterocycles. The molecule has 1 N–H and O–H groups in total. The van der Waals surface area contributed by atoms with E-state index in [-0.39, 0.29) is 34.3 Å². The maximum Gasteiger partial charge on any atom is 0.511 e. The van der Waals surface area contributed by atoms with Gasteiger partial charge in [-0.25, -0.2) is 27.4 Å². The van der Waals surface area contributed by atoms with E-state index in [2.05, 4.69) is 10.4 Å². The fourth-order valence-corrected chi connectivity index (χ4v) is 4.80. The van der Waals surface area contributed by atoms with Gasteiger partial charge in [-0.3, -0.25) is 4.84 Å². The van der Waals surface area contributed by atoms with E-state index in [9.17, 15) is 36.4 Å². The Morgan fingerprint density at radius 1 is 1.07 bits per heavy atom. The largest absolute Gasteiger partial charge is 0.569 e. The molecule has 1 aliphatic rings.